The Morgan fingerprint density at radius 3 is 2.03 bits per heavy atom. The highest BCUT2D eigenvalue weighted by Crippen LogP contribution is 2.37. The summed E-state index contributed by atoms with van der Waals surface area (Å²) in [7, 11) is 0.958. The Bertz CT molecular complexity index is 1020. The molecule has 15 nitrogen and oxygen atoms in total. The van der Waals surface area contributed by atoms with Crippen LogP contribution in [0.1, 0.15) is 47.5 Å². The van der Waals surface area contributed by atoms with Crippen LogP contribution in [-0.2, 0) is 66.7 Å². The molecule has 0 spiro atoms. The fourth-order valence-corrected chi connectivity index (χ4v) is 3.83. The van der Waals surface area contributed by atoms with Crippen molar-refractivity contribution < 1.29 is 66.7 Å². The monoisotopic (exact) mass is 557 g/mol. The van der Waals surface area contributed by atoms with E-state index < -0.39 is 97.4 Å². The maximum absolute atomic E-state index is 12.9. The second kappa shape index (κ2) is 14.7. The van der Waals surface area contributed by atoms with E-state index in [9.17, 15) is 33.6 Å². The highest BCUT2D eigenvalue weighted by atomic mass is 16.8. The van der Waals surface area contributed by atoms with E-state index in [4.69, 9.17) is 39.6 Å². The van der Waals surface area contributed by atoms with Gasteiger partial charge < -0.3 is 38.5 Å². The van der Waals surface area contributed by atoms with Gasteiger partial charge in [-0.1, -0.05) is 5.92 Å². The number of amides is 1. The van der Waals surface area contributed by atoms with E-state index in [1.54, 1.807) is 0 Å². The zero-order chi connectivity index (χ0) is 29.9. The van der Waals surface area contributed by atoms with Crippen molar-refractivity contribution in [1.29, 1.82) is 0 Å². The number of ether oxygens (including phenoxy) is 7. The summed E-state index contributed by atoms with van der Waals surface area (Å²) in [4.78, 5) is 85.0. The predicted molar refractivity (Wildman–Crippen MR) is 125 cm³/mol. The highest BCUT2D eigenvalue weighted by molar-refractivity contribution is 5.82. The summed E-state index contributed by atoms with van der Waals surface area (Å²) in [5.74, 6) is -7.02. The smallest absolute Gasteiger partial charge is 0.379 e. The lowest BCUT2D eigenvalue weighted by atomic mass is 9.87. The van der Waals surface area contributed by atoms with Crippen LogP contribution >= 0.6 is 0 Å². The zero-order valence-corrected chi connectivity index (χ0v) is 22.3. The molecule has 0 aromatic carbocycles. The quantitative estimate of drug-likeness (QED) is 0.186. The van der Waals surface area contributed by atoms with Crippen molar-refractivity contribution in [2.45, 2.75) is 83.7 Å². The van der Waals surface area contributed by atoms with Crippen LogP contribution in [0.3, 0.4) is 0 Å². The Kier molecular flexibility index (Phi) is 12.4. The number of esters is 6. The van der Waals surface area contributed by atoms with Crippen LogP contribution in [0, 0.1) is 12.3 Å². The van der Waals surface area contributed by atoms with Gasteiger partial charge in [0.05, 0.1) is 26.0 Å². The van der Waals surface area contributed by atoms with Crippen molar-refractivity contribution in [2.75, 3.05) is 13.7 Å². The number of terminal acetylenes is 1. The predicted octanol–water partition coefficient (Wildman–Crippen LogP) is -0.926. The molecule has 0 bridgehead atoms. The van der Waals surface area contributed by atoms with E-state index in [-0.39, 0.29) is 0 Å². The van der Waals surface area contributed by atoms with Crippen LogP contribution in [-0.4, -0.2) is 91.7 Å². The zero-order valence-electron chi connectivity index (χ0n) is 22.3. The lowest BCUT2D eigenvalue weighted by molar-refractivity contribution is -0.304. The van der Waals surface area contributed by atoms with E-state index in [0.29, 0.717) is 0 Å². The number of hydrogen-bond acceptors (Lipinski definition) is 14. The van der Waals surface area contributed by atoms with Gasteiger partial charge in [-0.25, -0.2) is 4.79 Å². The minimum absolute atomic E-state index is 0.443. The minimum Gasteiger partial charge on any atom is -0.464 e. The Balaban J connectivity index is 3.88. The highest BCUT2D eigenvalue weighted by Gasteiger charge is 2.60. The number of nitrogens with one attached hydrogen (secondary N) is 1. The minimum atomic E-state index is -2.58. The molecule has 1 aliphatic rings. The third kappa shape index (κ3) is 9.89. The number of carbonyl (C=O) groups is 7. The van der Waals surface area contributed by atoms with Crippen LogP contribution in [0.5, 0.6) is 0 Å². The van der Waals surface area contributed by atoms with Gasteiger partial charge >= 0.3 is 41.6 Å². The first-order valence-corrected chi connectivity index (χ1v) is 11.5. The van der Waals surface area contributed by atoms with Gasteiger partial charge in [-0.2, -0.15) is 0 Å². The van der Waals surface area contributed by atoms with Crippen molar-refractivity contribution in [1.82, 2.24) is 5.32 Å². The summed E-state index contributed by atoms with van der Waals surface area (Å²) in [6.07, 6.45) is -2.48. The van der Waals surface area contributed by atoms with Gasteiger partial charge in [-0.15, -0.1) is 6.42 Å². The van der Waals surface area contributed by atoms with E-state index in [1.165, 1.54) is 0 Å². The van der Waals surface area contributed by atoms with Gasteiger partial charge in [-0.05, 0) is 0 Å². The molecule has 6 atom stereocenters. The molecule has 1 heterocycles. The largest absolute Gasteiger partial charge is 0.464 e. The molecule has 1 aliphatic heterocycles. The summed E-state index contributed by atoms with van der Waals surface area (Å²) in [6.45, 7) is 4.37. The van der Waals surface area contributed by atoms with Gasteiger partial charge in [0, 0.05) is 34.6 Å². The average molecular weight is 558 g/mol. The van der Waals surface area contributed by atoms with Crippen molar-refractivity contribution in [2.24, 2.45) is 0 Å². The van der Waals surface area contributed by atoms with Crippen LogP contribution in [0.25, 0.3) is 0 Å². The first-order valence-electron chi connectivity index (χ1n) is 11.5. The average Bonchev–Trinajstić information content (AvgIpc) is 2.80. The van der Waals surface area contributed by atoms with Crippen molar-refractivity contribution in [3.05, 3.63) is 0 Å². The molecule has 1 rings (SSSR count). The molecule has 1 amide bonds. The topological polar surface area (TPSA) is 196 Å². The Hall–Kier alpha value is -4.19. The van der Waals surface area contributed by atoms with Crippen molar-refractivity contribution in [3.63, 3.8) is 0 Å². The third-order valence-electron chi connectivity index (χ3n) is 5.02. The van der Waals surface area contributed by atoms with Gasteiger partial charge in [0.1, 0.15) is 18.8 Å². The van der Waals surface area contributed by atoms with Crippen molar-refractivity contribution >= 4 is 41.7 Å². The number of methoxy groups -OCH3 is 1. The third-order valence-corrected chi connectivity index (χ3v) is 5.02. The second-order valence-electron chi connectivity index (χ2n) is 8.27. The van der Waals surface area contributed by atoms with E-state index in [2.05, 4.69) is 11.2 Å². The first kappa shape index (κ1) is 32.8. The van der Waals surface area contributed by atoms with E-state index >= 15 is 0 Å². The molecular formula is C24H31NO14. The fraction of sp³-hybridized carbons (Fsp3) is 0.625. The molecule has 0 aromatic rings. The summed E-state index contributed by atoms with van der Waals surface area (Å²) in [5.41, 5.74) is 0. The number of carbonyl (C=O) groups excluding carboxylic acids is 7. The number of hydrogen-bond donors (Lipinski definition) is 1. The lowest BCUT2D eigenvalue weighted by Crippen LogP contribution is -2.69. The molecule has 4 unspecified atom stereocenters. The molecule has 0 saturated carbocycles. The number of rotatable bonds is 11. The molecule has 39 heavy (non-hydrogen) atoms. The molecule has 1 fully saturated rings. The SMILES string of the molecule is C#CCC(=O)NC1C(OC(C)=O)CC(OC(C)=O)(C(=O)OC)OC1[C@H](OC(C)=O)[C@@H](COC(C)=O)OC(C)=O. The lowest BCUT2D eigenvalue weighted by Gasteiger charge is -2.48. The van der Waals surface area contributed by atoms with E-state index in [0.717, 1.165) is 41.7 Å². The molecule has 0 radical (unpaired) electrons. The molecule has 0 aromatic heterocycles. The second-order valence-corrected chi connectivity index (χ2v) is 8.27. The van der Waals surface area contributed by atoms with Gasteiger partial charge in [0.2, 0.25) is 5.91 Å². The molecule has 15 heteroatoms. The molecular weight excluding hydrogens is 526 g/mol. The summed E-state index contributed by atoms with van der Waals surface area (Å²) >= 11 is 0. The summed E-state index contributed by atoms with van der Waals surface area (Å²) in [5, 5.41) is 2.48. The molecule has 0 aliphatic carbocycles. The fourth-order valence-electron chi connectivity index (χ4n) is 3.83. The van der Waals surface area contributed by atoms with Crippen molar-refractivity contribution in [3.8, 4) is 12.3 Å². The molecule has 216 valence electrons. The maximum Gasteiger partial charge on any atom is 0.379 e. The van der Waals surface area contributed by atoms with Gasteiger partial charge in [-0.3, -0.25) is 28.8 Å². The van der Waals surface area contributed by atoms with E-state index in [1.807, 2.05) is 0 Å². The molecule has 1 N–H and O–H groups in total. The Morgan fingerprint density at radius 1 is 0.949 bits per heavy atom. The van der Waals surface area contributed by atoms with Crippen LogP contribution in [0.15, 0.2) is 0 Å². The van der Waals surface area contributed by atoms with Gasteiger partial charge in [0.15, 0.2) is 12.2 Å². The van der Waals surface area contributed by atoms with Crippen LogP contribution in [0.4, 0.5) is 0 Å². The van der Waals surface area contributed by atoms with Gasteiger partial charge in [0.25, 0.3) is 0 Å². The van der Waals surface area contributed by atoms with Crippen LogP contribution in [0.2, 0.25) is 0 Å². The maximum atomic E-state index is 12.9. The normalized spacial score (nSPS) is 23.5. The standard InChI is InChI=1S/C24H31NO14/c1-8-9-19(31)25-20-17(35-13(3)27)10-24(23(32)33-7,38-16(6)30)39-22(20)21(37-15(5)29)18(36-14(4)28)11-34-12(2)26/h1,17-18,20-22H,9-11H2,2-7H3,(H,25,31)/t17?,18-,20?,21-,22?,24?/m1/s1. The van der Waals surface area contributed by atoms with Crippen LogP contribution < -0.4 is 5.32 Å². The Labute approximate surface area is 224 Å². The molecule has 1 saturated heterocycles. The first-order chi connectivity index (χ1) is 18.1. The summed E-state index contributed by atoms with van der Waals surface area (Å²) < 4.78 is 36.7. The Morgan fingerprint density at radius 2 is 1.56 bits per heavy atom. The summed E-state index contributed by atoms with van der Waals surface area (Å²) in [6, 6.07) is -1.44.